The summed E-state index contributed by atoms with van der Waals surface area (Å²) in [6, 6.07) is 0. The molecule has 8 nitrogen and oxygen atoms in total. The van der Waals surface area contributed by atoms with E-state index in [-0.39, 0.29) is 0 Å². The molecule has 0 saturated carbocycles. The molecule has 106 valence electrons. The van der Waals surface area contributed by atoms with Crippen molar-refractivity contribution in [2.45, 2.75) is 24.9 Å². The van der Waals surface area contributed by atoms with Crippen LogP contribution in [-0.4, -0.2) is 50.3 Å². The van der Waals surface area contributed by atoms with E-state index in [9.17, 15) is 14.4 Å². The van der Waals surface area contributed by atoms with Crippen LogP contribution in [0.3, 0.4) is 0 Å². The lowest BCUT2D eigenvalue weighted by Crippen LogP contribution is -2.55. The highest BCUT2D eigenvalue weighted by atomic mass is 16.5. The zero-order valence-corrected chi connectivity index (χ0v) is 11.4. The van der Waals surface area contributed by atoms with Crippen molar-refractivity contribution in [3.8, 4) is 0 Å². The SMILES string of the molecule is COC(=O)C1[C@](C)(C(=O)OC)N=N[C@@]1(C)C(=O)OC. The van der Waals surface area contributed by atoms with Gasteiger partial charge in [-0.05, 0) is 13.8 Å². The van der Waals surface area contributed by atoms with E-state index in [4.69, 9.17) is 0 Å². The van der Waals surface area contributed by atoms with Crippen molar-refractivity contribution in [3.05, 3.63) is 0 Å². The normalized spacial score (nSPS) is 29.9. The van der Waals surface area contributed by atoms with Crippen LogP contribution in [0.1, 0.15) is 13.8 Å². The van der Waals surface area contributed by atoms with Crippen LogP contribution in [0.5, 0.6) is 0 Å². The molecule has 0 N–H and O–H groups in total. The summed E-state index contributed by atoms with van der Waals surface area (Å²) in [4.78, 5) is 35.6. The third kappa shape index (κ3) is 2.06. The van der Waals surface area contributed by atoms with Crippen LogP contribution in [-0.2, 0) is 28.6 Å². The molecule has 0 unspecified atom stereocenters. The Morgan fingerprint density at radius 3 is 1.47 bits per heavy atom. The summed E-state index contributed by atoms with van der Waals surface area (Å²) in [7, 11) is 3.46. The highest BCUT2D eigenvalue weighted by Gasteiger charge is 2.65. The van der Waals surface area contributed by atoms with Gasteiger partial charge in [-0.2, -0.15) is 10.2 Å². The number of methoxy groups -OCH3 is 3. The maximum Gasteiger partial charge on any atom is 0.336 e. The number of hydrogen-bond donors (Lipinski definition) is 0. The van der Waals surface area contributed by atoms with Gasteiger partial charge in [-0.3, -0.25) is 4.79 Å². The summed E-state index contributed by atoms with van der Waals surface area (Å²) in [5.74, 6) is -3.59. The van der Waals surface area contributed by atoms with Gasteiger partial charge in [0.2, 0.25) is 0 Å². The van der Waals surface area contributed by atoms with Gasteiger partial charge in [0.25, 0.3) is 0 Å². The smallest absolute Gasteiger partial charge is 0.336 e. The Morgan fingerprint density at radius 2 is 1.21 bits per heavy atom. The van der Waals surface area contributed by atoms with E-state index in [0.717, 1.165) is 21.3 Å². The Balaban J connectivity index is 3.34. The average molecular weight is 272 g/mol. The number of nitrogens with zero attached hydrogens (tertiary/aromatic N) is 2. The first-order chi connectivity index (χ1) is 8.77. The highest BCUT2D eigenvalue weighted by Crippen LogP contribution is 2.43. The minimum atomic E-state index is -1.62. The summed E-state index contributed by atoms with van der Waals surface area (Å²) >= 11 is 0. The second-order valence-electron chi connectivity index (χ2n) is 4.43. The number of carbonyl (C=O) groups is 3. The van der Waals surface area contributed by atoms with E-state index in [0.29, 0.717) is 0 Å². The fourth-order valence-corrected chi connectivity index (χ4v) is 2.18. The molecule has 0 spiro atoms. The molecule has 1 aliphatic rings. The first-order valence-corrected chi connectivity index (χ1v) is 5.46. The Morgan fingerprint density at radius 1 is 0.842 bits per heavy atom. The molecule has 19 heavy (non-hydrogen) atoms. The summed E-state index contributed by atoms with van der Waals surface area (Å²) in [5.41, 5.74) is -3.24. The first kappa shape index (κ1) is 15.1. The molecule has 0 fully saturated rings. The second-order valence-corrected chi connectivity index (χ2v) is 4.43. The zero-order valence-electron chi connectivity index (χ0n) is 11.4. The largest absolute Gasteiger partial charge is 0.469 e. The monoisotopic (exact) mass is 272 g/mol. The van der Waals surface area contributed by atoms with Gasteiger partial charge < -0.3 is 14.2 Å². The molecular weight excluding hydrogens is 256 g/mol. The molecule has 0 aliphatic carbocycles. The van der Waals surface area contributed by atoms with Crippen molar-refractivity contribution < 1.29 is 28.6 Å². The topological polar surface area (TPSA) is 104 Å². The van der Waals surface area contributed by atoms with Gasteiger partial charge in [0.15, 0.2) is 11.1 Å². The minimum Gasteiger partial charge on any atom is -0.469 e. The predicted octanol–water partition coefficient (Wildman–Crippen LogP) is 0.105. The zero-order chi connectivity index (χ0) is 14.8. The van der Waals surface area contributed by atoms with Crippen molar-refractivity contribution >= 4 is 17.9 Å². The number of rotatable bonds is 3. The summed E-state index contributed by atoms with van der Waals surface area (Å²) in [6.45, 7) is 2.72. The van der Waals surface area contributed by atoms with Crippen molar-refractivity contribution in [1.29, 1.82) is 0 Å². The van der Waals surface area contributed by atoms with Gasteiger partial charge in [-0.1, -0.05) is 0 Å². The highest BCUT2D eigenvalue weighted by molar-refractivity contribution is 5.96. The number of azo groups is 1. The summed E-state index contributed by atoms with van der Waals surface area (Å²) in [5, 5.41) is 7.52. The lowest BCUT2D eigenvalue weighted by molar-refractivity contribution is -0.164. The van der Waals surface area contributed by atoms with E-state index in [1.165, 1.54) is 13.8 Å². The third-order valence-corrected chi connectivity index (χ3v) is 3.22. The van der Waals surface area contributed by atoms with E-state index in [1.54, 1.807) is 0 Å². The van der Waals surface area contributed by atoms with E-state index in [1.807, 2.05) is 0 Å². The Hall–Kier alpha value is -1.99. The van der Waals surface area contributed by atoms with Crippen LogP contribution < -0.4 is 0 Å². The molecule has 0 aromatic carbocycles. The molecule has 0 aromatic rings. The fourth-order valence-electron chi connectivity index (χ4n) is 2.18. The Labute approximate surface area is 110 Å². The second kappa shape index (κ2) is 4.94. The predicted molar refractivity (Wildman–Crippen MR) is 61.2 cm³/mol. The lowest BCUT2D eigenvalue weighted by Gasteiger charge is -2.29. The molecule has 0 saturated heterocycles. The lowest BCUT2D eigenvalue weighted by atomic mass is 9.75. The van der Waals surface area contributed by atoms with E-state index >= 15 is 0 Å². The van der Waals surface area contributed by atoms with Gasteiger partial charge in [0.05, 0.1) is 21.3 Å². The molecule has 0 radical (unpaired) electrons. The van der Waals surface area contributed by atoms with E-state index in [2.05, 4.69) is 24.4 Å². The van der Waals surface area contributed by atoms with Crippen LogP contribution in [0.2, 0.25) is 0 Å². The number of hydrogen-bond acceptors (Lipinski definition) is 8. The molecular formula is C11H16N2O6. The number of ether oxygens (including phenoxy) is 3. The molecule has 8 heteroatoms. The van der Waals surface area contributed by atoms with Crippen LogP contribution in [0, 0.1) is 5.92 Å². The van der Waals surface area contributed by atoms with Crippen LogP contribution in [0.4, 0.5) is 0 Å². The van der Waals surface area contributed by atoms with Gasteiger partial charge in [-0.25, -0.2) is 9.59 Å². The van der Waals surface area contributed by atoms with Gasteiger partial charge >= 0.3 is 17.9 Å². The van der Waals surface area contributed by atoms with Crippen molar-refractivity contribution in [2.24, 2.45) is 16.1 Å². The maximum absolute atomic E-state index is 11.9. The number of carbonyl (C=O) groups excluding carboxylic acids is 3. The van der Waals surface area contributed by atoms with Gasteiger partial charge in [-0.15, -0.1) is 0 Å². The van der Waals surface area contributed by atoms with Gasteiger partial charge in [0, 0.05) is 0 Å². The van der Waals surface area contributed by atoms with Gasteiger partial charge in [0.1, 0.15) is 5.92 Å². The van der Waals surface area contributed by atoms with Crippen LogP contribution in [0.25, 0.3) is 0 Å². The molecule has 1 aliphatic heterocycles. The molecule has 0 amide bonds. The first-order valence-electron chi connectivity index (χ1n) is 5.46. The Kier molecular flexibility index (Phi) is 3.92. The van der Waals surface area contributed by atoms with E-state index < -0.39 is 34.9 Å². The molecule has 2 atom stereocenters. The van der Waals surface area contributed by atoms with Crippen molar-refractivity contribution in [1.82, 2.24) is 0 Å². The maximum atomic E-state index is 11.9. The molecule has 1 heterocycles. The summed E-state index contributed by atoms with van der Waals surface area (Å²) in [6.07, 6.45) is 0. The van der Waals surface area contributed by atoms with Crippen molar-refractivity contribution in [2.75, 3.05) is 21.3 Å². The minimum absolute atomic E-state index is 0.778. The average Bonchev–Trinajstić information content (AvgIpc) is 2.70. The van der Waals surface area contributed by atoms with Crippen molar-refractivity contribution in [3.63, 3.8) is 0 Å². The standard InChI is InChI=1S/C11H16N2O6/c1-10(8(15)18-4)6(7(14)17-3)11(2,13-12-10)9(16)19-5/h6H,1-5H3/t10-,11-/m1/s1. The fraction of sp³-hybridized carbons (Fsp3) is 0.727. The quantitative estimate of drug-likeness (QED) is 0.533. The van der Waals surface area contributed by atoms with Crippen LogP contribution >= 0.6 is 0 Å². The molecule has 0 bridgehead atoms. The molecule has 0 aromatic heterocycles. The number of esters is 3. The Bertz CT molecular complexity index is 416. The third-order valence-electron chi connectivity index (χ3n) is 3.22. The van der Waals surface area contributed by atoms with Crippen LogP contribution in [0.15, 0.2) is 10.2 Å². The molecule has 1 rings (SSSR count). The summed E-state index contributed by atoms with van der Waals surface area (Å²) < 4.78 is 13.9.